The minimum Gasteiger partial charge on any atom is -0.326 e. The fraction of sp³-hybridized carbons (Fsp3) is 0.130. The van der Waals surface area contributed by atoms with Gasteiger partial charge in [0.1, 0.15) is 4.33 Å². The number of amides is 2. The number of carbonyl (C=O) groups is 2. The lowest BCUT2D eigenvalue weighted by molar-refractivity contribution is -0.117. The second kappa shape index (κ2) is 9.53. The van der Waals surface area contributed by atoms with Crippen molar-refractivity contribution in [3.63, 3.8) is 0 Å². The molecule has 0 saturated heterocycles. The number of rotatable bonds is 5. The summed E-state index contributed by atoms with van der Waals surface area (Å²) in [5, 5.41) is 6.90. The summed E-state index contributed by atoms with van der Waals surface area (Å²) < 4.78 is -1.31. The first-order valence-corrected chi connectivity index (χ1v) is 11.8. The van der Waals surface area contributed by atoms with Gasteiger partial charge in [0.05, 0.1) is 27.2 Å². The Bertz CT molecular complexity index is 1240. The lowest BCUT2D eigenvalue weighted by Crippen LogP contribution is -2.18. The molecule has 0 aliphatic heterocycles. The van der Waals surface area contributed by atoms with E-state index < -0.39 is 28.0 Å². The number of carbonyl (C=O) groups excluding carboxylic acids is 2. The molecule has 0 spiro atoms. The molecule has 0 bridgehead atoms. The molecule has 0 heterocycles. The summed E-state index contributed by atoms with van der Waals surface area (Å²) in [6.07, 6.45) is 0. The van der Waals surface area contributed by atoms with Crippen molar-refractivity contribution in [2.45, 2.75) is 10.3 Å². The maximum absolute atomic E-state index is 12.9. The summed E-state index contributed by atoms with van der Waals surface area (Å²) >= 11 is 37.3. The van der Waals surface area contributed by atoms with Crippen LogP contribution in [0.15, 0.2) is 60.7 Å². The third-order valence-corrected chi connectivity index (χ3v) is 7.22. The van der Waals surface area contributed by atoms with Gasteiger partial charge in [0.25, 0.3) is 5.91 Å². The van der Waals surface area contributed by atoms with Gasteiger partial charge in [-0.15, -0.1) is 23.2 Å². The molecule has 2 amide bonds. The normalized spacial score (nSPS) is 18.5. The Morgan fingerprint density at radius 2 is 1.45 bits per heavy atom. The van der Waals surface area contributed by atoms with Crippen molar-refractivity contribution in [1.29, 1.82) is 0 Å². The van der Waals surface area contributed by atoms with Crippen LogP contribution in [0.1, 0.15) is 21.8 Å². The van der Waals surface area contributed by atoms with Crippen molar-refractivity contribution in [1.82, 2.24) is 0 Å². The number of halogens is 6. The lowest BCUT2D eigenvalue weighted by Gasteiger charge is -2.11. The molecule has 10 heteroatoms. The summed E-state index contributed by atoms with van der Waals surface area (Å²) in [5.74, 6) is -2.05. The van der Waals surface area contributed by atoms with Crippen molar-refractivity contribution < 1.29 is 9.59 Å². The van der Waals surface area contributed by atoms with Gasteiger partial charge in [0.2, 0.25) is 5.91 Å². The third-order valence-electron chi connectivity index (χ3n) is 5.18. The molecular formula is C23H14Cl6N2O2. The molecule has 4 rings (SSSR count). The van der Waals surface area contributed by atoms with E-state index in [0.29, 0.717) is 37.6 Å². The SMILES string of the molecule is O=C(Nc1cc(NC(=O)[C@H]2[C@H](c3cc(Cl)cc(Cl)c3)C2(Cl)Cl)ccc1Cl)c1ccccc1Cl. The molecule has 170 valence electrons. The Morgan fingerprint density at radius 1 is 0.788 bits per heavy atom. The minimum atomic E-state index is -1.31. The van der Waals surface area contributed by atoms with E-state index in [-0.39, 0.29) is 5.02 Å². The quantitative estimate of drug-likeness (QED) is 0.309. The maximum Gasteiger partial charge on any atom is 0.257 e. The van der Waals surface area contributed by atoms with Gasteiger partial charge in [0, 0.05) is 21.7 Å². The molecule has 3 aromatic carbocycles. The summed E-state index contributed by atoms with van der Waals surface area (Å²) in [5.41, 5.74) is 1.66. The van der Waals surface area contributed by atoms with Crippen LogP contribution >= 0.6 is 69.6 Å². The lowest BCUT2D eigenvalue weighted by atomic mass is 10.1. The zero-order valence-electron chi connectivity index (χ0n) is 16.5. The summed E-state index contributed by atoms with van der Waals surface area (Å²) in [6, 6.07) is 16.2. The molecule has 0 aromatic heterocycles. The van der Waals surface area contributed by atoms with Gasteiger partial charge < -0.3 is 10.6 Å². The van der Waals surface area contributed by atoms with Gasteiger partial charge in [0.15, 0.2) is 0 Å². The van der Waals surface area contributed by atoms with Crippen molar-refractivity contribution in [3.8, 4) is 0 Å². The Morgan fingerprint density at radius 3 is 2.12 bits per heavy atom. The van der Waals surface area contributed by atoms with Crippen molar-refractivity contribution >= 4 is 92.8 Å². The van der Waals surface area contributed by atoms with Crippen LogP contribution in [0.5, 0.6) is 0 Å². The predicted molar refractivity (Wildman–Crippen MR) is 137 cm³/mol. The number of alkyl halides is 2. The van der Waals surface area contributed by atoms with E-state index in [2.05, 4.69) is 10.6 Å². The van der Waals surface area contributed by atoms with Crippen LogP contribution in [0.4, 0.5) is 11.4 Å². The standard InChI is InChI=1S/C23H14Cl6N2O2/c24-12-7-11(8-13(25)9-12)19-20(23(19,28)29)22(33)30-14-5-6-17(27)18(10-14)31-21(32)15-3-1-2-4-16(15)26/h1-10,19-20H,(H,30,33)(H,31,32)/t19-,20+/m0/s1. The fourth-order valence-corrected chi connectivity index (χ4v) is 5.33. The molecule has 0 radical (unpaired) electrons. The van der Waals surface area contributed by atoms with Crippen LogP contribution in [-0.2, 0) is 4.79 Å². The van der Waals surface area contributed by atoms with Crippen molar-refractivity contribution in [2.75, 3.05) is 10.6 Å². The summed E-state index contributed by atoms with van der Waals surface area (Å²) in [7, 11) is 0. The summed E-state index contributed by atoms with van der Waals surface area (Å²) in [6.45, 7) is 0. The molecular weight excluding hydrogens is 549 g/mol. The Labute approximate surface area is 220 Å². The second-order valence-electron chi connectivity index (χ2n) is 7.45. The number of hydrogen-bond donors (Lipinski definition) is 2. The highest BCUT2D eigenvalue weighted by atomic mass is 35.5. The van der Waals surface area contributed by atoms with E-state index in [1.807, 2.05) is 0 Å². The van der Waals surface area contributed by atoms with Crippen LogP contribution < -0.4 is 10.6 Å². The first-order valence-electron chi connectivity index (χ1n) is 9.58. The molecule has 2 atom stereocenters. The van der Waals surface area contributed by atoms with E-state index in [1.54, 1.807) is 54.6 Å². The highest BCUT2D eigenvalue weighted by Crippen LogP contribution is 2.65. The first-order chi connectivity index (χ1) is 15.6. The van der Waals surface area contributed by atoms with Gasteiger partial charge in [-0.3, -0.25) is 9.59 Å². The Hall–Kier alpha value is -1.66. The highest BCUT2D eigenvalue weighted by Gasteiger charge is 2.67. The first kappa shape index (κ1) is 24.5. The molecule has 1 aliphatic carbocycles. The average molecular weight is 563 g/mol. The maximum atomic E-state index is 12.9. The van der Waals surface area contributed by atoms with Crippen LogP contribution in [-0.4, -0.2) is 16.1 Å². The average Bonchev–Trinajstić information content (AvgIpc) is 3.32. The third kappa shape index (κ3) is 5.22. The van der Waals surface area contributed by atoms with Gasteiger partial charge in [-0.05, 0) is 54.1 Å². The number of anilines is 2. The van der Waals surface area contributed by atoms with Crippen LogP contribution in [0, 0.1) is 5.92 Å². The van der Waals surface area contributed by atoms with Crippen LogP contribution in [0.3, 0.4) is 0 Å². The second-order valence-corrected chi connectivity index (χ2v) is 10.6. The number of hydrogen-bond acceptors (Lipinski definition) is 2. The van der Waals surface area contributed by atoms with Crippen LogP contribution in [0.25, 0.3) is 0 Å². The molecule has 3 aromatic rings. The molecule has 0 unspecified atom stereocenters. The van der Waals surface area contributed by atoms with Crippen molar-refractivity contribution in [3.05, 3.63) is 91.9 Å². The van der Waals surface area contributed by atoms with E-state index >= 15 is 0 Å². The van der Waals surface area contributed by atoms with Gasteiger partial charge >= 0.3 is 0 Å². The number of benzene rings is 3. The molecule has 1 aliphatic rings. The van der Waals surface area contributed by atoms with Crippen molar-refractivity contribution in [2.24, 2.45) is 5.92 Å². The monoisotopic (exact) mass is 560 g/mol. The van der Waals surface area contributed by atoms with E-state index in [1.165, 1.54) is 6.07 Å². The predicted octanol–water partition coefficient (Wildman–Crippen LogP) is 8.08. The topological polar surface area (TPSA) is 58.2 Å². The smallest absolute Gasteiger partial charge is 0.257 e. The van der Waals surface area contributed by atoms with E-state index in [0.717, 1.165) is 0 Å². The fourth-order valence-electron chi connectivity index (χ4n) is 3.58. The van der Waals surface area contributed by atoms with Crippen LogP contribution in [0.2, 0.25) is 20.1 Å². The zero-order valence-corrected chi connectivity index (χ0v) is 21.0. The molecule has 2 N–H and O–H groups in total. The Balaban J connectivity index is 1.51. The van der Waals surface area contributed by atoms with Gasteiger partial charge in [-0.25, -0.2) is 0 Å². The highest BCUT2D eigenvalue weighted by molar-refractivity contribution is 6.53. The number of nitrogens with one attached hydrogen (secondary N) is 2. The zero-order chi connectivity index (χ0) is 23.9. The molecule has 1 fully saturated rings. The summed E-state index contributed by atoms with van der Waals surface area (Å²) in [4.78, 5) is 25.5. The molecule has 1 saturated carbocycles. The van der Waals surface area contributed by atoms with E-state index in [4.69, 9.17) is 69.6 Å². The van der Waals surface area contributed by atoms with Gasteiger partial charge in [-0.2, -0.15) is 0 Å². The molecule has 4 nitrogen and oxygen atoms in total. The Kier molecular flexibility index (Phi) is 7.07. The molecule has 33 heavy (non-hydrogen) atoms. The largest absolute Gasteiger partial charge is 0.326 e. The minimum absolute atomic E-state index is 0.287. The van der Waals surface area contributed by atoms with E-state index in [9.17, 15) is 9.59 Å². The van der Waals surface area contributed by atoms with Gasteiger partial charge in [-0.1, -0.05) is 58.5 Å².